The molecule has 0 saturated heterocycles. The van der Waals surface area contributed by atoms with Gasteiger partial charge in [-0.25, -0.2) is 10.9 Å². The van der Waals surface area contributed by atoms with Gasteiger partial charge in [0.2, 0.25) is 0 Å². The van der Waals surface area contributed by atoms with Gasteiger partial charge in [-0.2, -0.15) is 0 Å². The number of nitrogens with two attached hydrogens (primary N) is 1. The van der Waals surface area contributed by atoms with E-state index < -0.39 is 0 Å². The zero-order valence-electron chi connectivity index (χ0n) is 4.20. The fourth-order valence-electron chi connectivity index (χ4n) is 0.396. The maximum Gasteiger partial charge on any atom is 0.180 e. The van der Waals surface area contributed by atoms with Crippen LogP contribution in [0.3, 0.4) is 0 Å². The number of rotatable bonds is 2. The van der Waals surface area contributed by atoms with Gasteiger partial charge in [-0.1, -0.05) is 0 Å². The predicted octanol–water partition coefficient (Wildman–Crippen LogP) is 0.0649. The third-order valence-electron chi connectivity index (χ3n) is 0.709. The van der Waals surface area contributed by atoms with Crippen LogP contribution in [0.15, 0.2) is 17.0 Å². The molecule has 1 aromatic rings. The van der Waals surface area contributed by atoms with E-state index in [1.807, 2.05) is 0 Å². The van der Waals surface area contributed by atoms with Crippen molar-refractivity contribution in [3.8, 4) is 0 Å². The Morgan fingerprint density at radius 2 is 2.75 bits per heavy atom. The number of nitrogens with zero attached hydrogens (tertiary/aromatic N) is 1. The van der Waals surface area contributed by atoms with Gasteiger partial charge < -0.3 is 4.42 Å². The first-order chi connectivity index (χ1) is 3.93. The Morgan fingerprint density at radius 3 is 3.25 bits per heavy atom. The molecule has 0 aromatic carbocycles. The van der Waals surface area contributed by atoms with Gasteiger partial charge in [0.05, 0.1) is 6.20 Å². The highest BCUT2D eigenvalue weighted by Crippen LogP contribution is 1.95. The van der Waals surface area contributed by atoms with Crippen molar-refractivity contribution in [3.05, 3.63) is 18.4 Å². The van der Waals surface area contributed by atoms with Crippen LogP contribution in [0.5, 0.6) is 0 Å². The molecule has 0 radical (unpaired) electrons. The smallest absolute Gasteiger partial charge is 0.180 e. The van der Waals surface area contributed by atoms with Crippen molar-refractivity contribution in [2.75, 3.05) is 0 Å². The van der Waals surface area contributed by atoms with Crippen LogP contribution in [0.25, 0.3) is 0 Å². The van der Waals surface area contributed by atoms with E-state index in [0.29, 0.717) is 5.76 Å². The van der Waals surface area contributed by atoms with E-state index in [1.54, 1.807) is 6.20 Å². The van der Waals surface area contributed by atoms with Crippen LogP contribution in [0.2, 0.25) is 0 Å². The molecule has 0 spiro atoms. The Bertz CT molecular complexity index is 138. The van der Waals surface area contributed by atoms with E-state index in [0.717, 1.165) is 0 Å². The summed E-state index contributed by atoms with van der Waals surface area (Å²) in [7, 11) is 0. The van der Waals surface area contributed by atoms with Crippen LogP contribution in [-0.4, -0.2) is 4.98 Å². The Hall–Kier alpha value is -0.870. The average Bonchev–Trinajstić information content (AvgIpc) is 2.19. The topological polar surface area (TPSA) is 61.3 Å². The lowest BCUT2D eigenvalue weighted by atomic mass is 10.6. The average molecular weight is 114 g/mol. The highest BCUT2D eigenvalue weighted by atomic mass is 16.6. The standard InChI is InChI=1S/C4H6N2O2/c5-8-2-4-1-6-3-7-4/h1,3H,2,5H2. The van der Waals surface area contributed by atoms with Gasteiger partial charge in [-0.3, -0.25) is 4.84 Å². The first-order valence-corrected chi connectivity index (χ1v) is 2.12. The van der Waals surface area contributed by atoms with Crippen molar-refractivity contribution >= 4 is 0 Å². The molecule has 8 heavy (non-hydrogen) atoms. The van der Waals surface area contributed by atoms with Crippen LogP contribution in [-0.2, 0) is 11.4 Å². The van der Waals surface area contributed by atoms with E-state index in [2.05, 4.69) is 9.82 Å². The molecule has 0 aliphatic carbocycles. The van der Waals surface area contributed by atoms with Gasteiger partial charge in [0.15, 0.2) is 12.2 Å². The molecular formula is C4H6N2O2. The van der Waals surface area contributed by atoms with Gasteiger partial charge in [0.25, 0.3) is 0 Å². The molecule has 0 aliphatic rings. The molecule has 0 aliphatic heterocycles. The Balaban J connectivity index is 2.50. The fraction of sp³-hybridized carbons (Fsp3) is 0.250. The molecule has 0 unspecified atom stereocenters. The summed E-state index contributed by atoms with van der Waals surface area (Å²) >= 11 is 0. The number of aromatic nitrogens is 1. The molecule has 0 atom stereocenters. The van der Waals surface area contributed by atoms with E-state index in [-0.39, 0.29) is 6.61 Å². The van der Waals surface area contributed by atoms with Crippen LogP contribution < -0.4 is 5.90 Å². The number of hydrogen-bond donors (Lipinski definition) is 1. The molecule has 1 aromatic heterocycles. The minimum Gasteiger partial charge on any atom is -0.446 e. The summed E-state index contributed by atoms with van der Waals surface area (Å²) in [6, 6.07) is 0. The lowest BCUT2D eigenvalue weighted by Crippen LogP contribution is -1.96. The van der Waals surface area contributed by atoms with Gasteiger partial charge in [0.1, 0.15) is 6.61 Å². The summed E-state index contributed by atoms with van der Waals surface area (Å²) in [6.07, 6.45) is 2.88. The summed E-state index contributed by atoms with van der Waals surface area (Å²) in [5, 5.41) is 0. The van der Waals surface area contributed by atoms with Gasteiger partial charge in [0, 0.05) is 0 Å². The second-order valence-electron chi connectivity index (χ2n) is 1.28. The van der Waals surface area contributed by atoms with Gasteiger partial charge in [-0.05, 0) is 0 Å². The molecule has 0 fully saturated rings. The molecule has 4 nitrogen and oxygen atoms in total. The lowest BCUT2D eigenvalue weighted by Gasteiger charge is -1.86. The van der Waals surface area contributed by atoms with E-state index in [4.69, 9.17) is 10.3 Å². The zero-order chi connectivity index (χ0) is 5.82. The monoisotopic (exact) mass is 114 g/mol. The maximum atomic E-state index is 4.76. The lowest BCUT2D eigenvalue weighted by molar-refractivity contribution is 0.108. The van der Waals surface area contributed by atoms with E-state index in [9.17, 15) is 0 Å². The van der Waals surface area contributed by atoms with E-state index >= 15 is 0 Å². The summed E-state index contributed by atoms with van der Waals surface area (Å²) in [5.74, 6) is 5.36. The molecule has 0 saturated carbocycles. The molecule has 44 valence electrons. The van der Waals surface area contributed by atoms with Crippen molar-refractivity contribution in [2.24, 2.45) is 5.90 Å². The van der Waals surface area contributed by atoms with Crippen LogP contribution in [0.4, 0.5) is 0 Å². The van der Waals surface area contributed by atoms with Gasteiger partial charge in [-0.15, -0.1) is 0 Å². The first-order valence-electron chi connectivity index (χ1n) is 2.12. The Kier molecular flexibility index (Phi) is 1.61. The molecule has 1 heterocycles. The second-order valence-corrected chi connectivity index (χ2v) is 1.28. The van der Waals surface area contributed by atoms with Crippen molar-refractivity contribution in [2.45, 2.75) is 6.61 Å². The zero-order valence-corrected chi connectivity index (χ0v) is 4.20. The fourth-order valence-corrected chi connectivity index (χ4v) is 0.396. The minimum atomic E-state index is 0.278. The maximum absolute atomic E-state index is 4.76. The molecule has 2 N–H and O–H groups in total. The van der Waals surface area contributed by atoms with Crippen LogP contribution >= 0.6 is 0 Å². The summed E-state index contributed by atoms with van der Waals surface area (Å²) in [6.45, 7) is 0.278. The molecule has 0 bridgehead atoms. The quantitative estimate of drug-likeness (QED) is 0.552. The molecular weight excluding hydrogens is 108 g/mol. The van der Waals surface area contributed by atoms with Gasteiger partial charge >= 0.3 is 0 Å². The second kappa shape index (κ2) is 2.44. The van der Waals surface area contributed by atoms with Crippen molar-refractivity contribution in [1.82, 2.24) is 4.98 Å². The van der Waals surface area contributed by atoms with Crippen LogP contribution in [0.1, 0.15) is 5.76 Å². The minimum absolute atomic E-state index is 0.278. The summed E-state index contributed by atoms with van der Waals surface area (Å²) in [4.78, 5) is 7.89. The van der Waals surface area contributed by atoms with Crippen molar-refractivity contribution < 1.29 is 9.25 Å². The Morgan fingerprint density at radius 1 is 1.88 bits per heavy atom. The van der Waals surface area contributed by atoms with E-state index in [1.165, 1.54) is 6.39 Å². The molecule has 0 amide bonds. The van der Waals surface area contributed by atoms with Crippen molar-refractivity contribution in [1.29, 1.82) is 0 Å². The van der Waals surface area contributed by atoms with Crippen molar-refractivity contribution in [3.63, 3.8) is 0 Å². The third-order valence-corrected chi connectivity index (χ3v) is 0.709. The molecule has 1 rings (SSSR count). The molecule has 4 heteroatoms. The number of oxazole rings is 1. The largest absolute Gasteiger partial charge is 0.446 e. The highest BCUT2D eigenvalue weighted by molar-refractivity contribution is 4.84. The normalized spacial score (nSPS) is 9.62. The van der Waals surface area contributed by atoms with Crippen LogP contribution in [0, 0.1) is 0 Å². The Labute approximate surface area is 46.2 Å². The third kappa shape index (κ3) is 1.05. The highest BCUT2D eigenvalue weighted by Gasteiger charge is 1.91. The summed E-state index contributed by atoms with van der Waals surface area (Å²) in [5.41, 5.74) is 0. The predicted molar refractivity (Wildman–Crippen MR) is 25.5 cm³/mol. The SMILES string of the molecule is NOCc1cnco1. The summed E-state index contributed by atoms with van der Waals surface area (Å²) < 4.78 is 4.76. The number of hydrogen-bond acceptors (Lipinski definition) is 4. The first kappa shape index (κ1) is 5.27.